The van der Waals surface area contributed by atoms with Crippen molar-refractivity contribution >= 4 is 17.5 Å². The first kappa shape index (κ1) is 18.5. The molecule has 0 aliphatic heterocycles. The van der Waals surface area contributed by atoms with Gasteiger partial charge in [-0.2, -0.15) is 5.26 Å². The van der Waals surface area contributed by atoms with Crippen LogP contribution >= 0.6 is 11.6 Å². The van der Waals surface area contributed by atoms with E-state index in [0.717, 1.165) is 5.56 Å². The van der Waals surface area contributed by atoms with Crippen LogP contribution in [0, 0.1) is 17.1 Å². The molecule has 0 fully saturated rings. The van der Waals surface area contributed by atoms with Crippen LogP contribution in [-0.4, -0.2) is 12.5 Å². The van der Waals surface area contributed by atoms with Gasteiger partial charge < -0.3 is 10.6 Å². The summed E-state index contributed by atoms with van der Waals surface area (Å²) in [5.41, 5.74) is 1.29. The summed E-state index contributed by atoms with van der Waals surface area (Å²) in [5, 5.41) is 15.2. The summed E-state index contributed by atoms with van der Waals surface area (Å²) in [7, 11) is 0. The Bertz CT molecular complexity index is 814. The van der Waals surface area contributed by atoms with Gasteiger partial charge in [-0.3, -0.25) is 4.79 Å². The molecule has 0 aliphatic carbocycles. The highest BCUT2D eigenvalue weighted by molar-refractivity contribution is 6.31. The summed E-state index contributed by atoms with van der Waals surface area (Å²) in [6.45, 7) is 0.636. The highest BCUT2D eigenvalue weighted by atomic mass is 35.5. The molecule has 2 rings (SSSR count). The average Bonchev–Trinajstić information content (AvgIpc) is 2.62. The standard InChI is InChI=1S/C19H17ClFN3O/c20-17-7-3-1-6-15(17)13-24-19(25)16(11-22)12-23-10-9-14-5-2-4-8-18(14)21/h1-8,12,23H,9-10,13H2,(H,24,25)/b16-12-. The Labute approximate surface area is 150 Å². The van der Waals surface area contributed by atoms with Crippen molar-refractivity contribution in [3.8, 4) is 6.07 Å². The maximum atomic E-state index is 13.5. The maximum absolute atomic E-state index is 13.5. The molecule has 0 radical (unpaired) electrons. The smallest absolute Gasteiger partial charge is 0.263 e. The maximum Gasteiger partial charge on any atom is 0.263 e. The van der Waals surface area contributed by atoms with Gasteiger partial charge in [-0.25, -0.2) is 4.39 Å². The Kier molecular flexibility index (Phi) is 7.00. The van der Waals surface area contributed by atoms with E-state index < -0.39 is 5.91 Å². The first-order chi connectivity index (χ1) is 12.1. The van der Waals surface area contributed by atoms with Gasteiger partial charge >= 0.3 is 0 Å². The molecule has 0 aliphatic rings. The number of hydrogen-bond acceptors (Lipinski definition) is 3. The van der Waals surface area contributed by atoms with Gasteiger partial charge in [0.25, 0.3) is 5.91 Å². The van der Waals surface area contributed by atoms with Crippen molar-refractivity contribution in [2.24, 2.45) is 0 Å². The largest absolute Gasteiger partial charge is 0.389 e. The summed E-state index contributed by atoms with van der Waals surface area (Å²) >= 11 is 6.02. The van der Waals surface area contributed by atoms with Gasteiger partial charge in [0.2, 0.25) is 0 Å². The molecule has 0 atom stereocenters. The second kappa shape index (κ2) is 9.45. The van der Waals surface area contributed by atoms with Crippen molar-refractivity contribution in [1.29, 1.82) is 5.26 Å². The van der Waals surface area contributed by atoms with E-state index in [0.29, 0.717) is 23.6 Å². The zero-order valence-electron chi connectivity index (χ0n) is 13.4. The lowest BCUT2D eigenvalue weighted by molar-refractivity contribution is -0.117. The van der Waals surface area contributed by atoms with E-state index in [1.165, 1.54) is 12.3 Å². The van der Waals surface area contributed by atoms with E-state index in [2.05, 4.69) is 10.6 Å². The fraction of sp³-hybridized carbons (Fsp3) is 0.158. The number of rotatable bonds is 7. The molecule has 0 aromatic heterocycles. The Balaban J connectivity index is 1.85. The van der Waals surface area contributed by atoms with Crippen LogP contribution in [0.2, 0.25) is 5.02 Å². The highest BCUT2D eigenvalue weighted by Crippen LogP contribution is 2.14. The van der Waals surface area contributed by atoms with Gasteiger partial charge in [-0.1, -0.05) is 48.0 Å². The van der Waals surface area contributed by atoms with E-state index in [9.17, 15) is 9.18 Å². The normalized spacial score (nSPS) is 10.8. The number of carbonyl (C=O) groups excluding carboxylic acids is 1. The predicted molar refractivity (Wildman–Crippen MR) is 95.1 cm³/mol. The number of carbonyl (C=O) groups is 1. The van der Waals surface area contributed by atoms with Crippen LogP contribution in [0.4, 0.5) is 4.39 Å². The zero-order valence-corrected chi connectivity index (χ0v) is 14.2. The lowest BCUT2D eigenvalue weighted by Crippen LogP contribution is -2.25. The minimum atomic E-state index is -0.499. The molecule has 2 N–H and O–H groups in total. The van der Waals surface area contributed by atoms with E-state index >= 15 is 0 Å². The first-order valence-electron chi connectivity index (χ1n) is 7.70. The number of nitriles is 1. The lowest BCUT2D eigenvalue weighted by atomic mass is 10.1. The van der Waals surface area contributed by atoms with Gasteiger partial charge in [0, 0.05) is 24.3 Å². The molecule has 6 heteroatoms. The third kappa shape index (κ3) is 5.63. The van der Waals surface area contributed by atoms with Crippen LogP contribution in [-0.2, 0) is 17.8 Å². The van der Waals surface area contributed by atoms with E-state index in [4.69, 9.17) is 16.9 Å². The topological polar surface area (TPSA) is 64.9 Å². The monoisotopic (exact) mass is 357 g/mol. The Morgan fingerprint density at radius 2 is 1.84 bits per heavy atom. The minimum Gasteiger partial charge on any atom is -0.389 e. The number of nitrogens with zero attached hydrogens (tertiary/aromatic N) is 1. The number of nitrogens with one attached hydrogen (secondary N) is 2. The van der Waals surface area contributed by atoms with Gasteiger partial charge in [0.05, 0.1) is 0 Å². The molecule has 2 aromatic rings. The van der Waals surface area contributed by atoms with Crippen LogP contribution in [0.1, 0.15) is 11.1 Å². The molecule has 0 heterocycles. The number of benzene rings is 2. The predicted octanol–water partition coefficient (Wildman–Crippen LogP) is 3.34. The van der Waals surface area contributed by atoms with Crippen LogP contribution < -0.4 is 10.6 Å². The van der Waals surface area contributed by atoms with Crippen molar-refractivity contribution in [3.63, 3.8) is 0 Å². The van der Waals surface area contributed by atoms with Crippen molar-refractivity contribution in [2.45, 2.75) is 13.0 Å². The Hall–Kier alpha value is -2.84. The third-order valence-electron chi connectivity index (χ3n) is 3.51. The van der Waals surface area contributed by atoms with Gasteiger partial charge in [0.15, 0.2) is 0 Å². The van der Waals surface area contributed by atoms with E-state index in [1.807, 2.05) is 12.1 Å². The minimum absolute atomic E-state index is 0.0550. The van der Waals surface area contributed by atoms with Gasteiger partial charge in [-0.05, 0) is 29.7 Å². The average molecular weight is 358 g/mol. The molecule has 0 unspecified atom stereocenters. The van der Waals surface area contributed by atoms with Crippen LogP contribution in [0.15, 0.2) is 60.3 Å². The second-order valence-corrected chi connectivity index (χ2v) is 5.65. The molecular weight excluding hydrogens is 341 g/mol. The van der Waals surface area contributed by atoms with Gasteiger partial charge in [-0.15, -0.1) is 0 Å². The number of halogens is 2. The first-order valence-corrected chi connectivity index (χ1v) is 8.08. The molecular formula is C19H17ClFN3O. The lowest BCUT2D eigenvalue weighted by Gasteiger charge is -2.07. The molecule has 25 heavy (non-hydrogen) atoms. The van der Waals surface area contributed by atoms with Crippen molar-refractivity contribution < 1.29 is 9.18 Å². The molecule has 128 valence electrons. The summed E-state index contributed by atoms with van der Waals surface area (Å²) in [4.78, 5) is 12.0. The molecule has 2 aromatic carbocycles. The van der Waals surface area contributed by atoms with Crippen LogP contribution in [0.3, 0.4) is 0 Å². The third-order valence-corrected chi connectivity index (χ3v) is 3.87. The number of amides is 1. The molecule has 1 amide bonds. The van der Waals surface area contributed by atoms with E-state index in [1.54, 1.807) is 36.4 Å². The Morgan fingerprint density at radius 3 is 2.52 bits per heavy atom. The van der Waals surface area contributed by atoms with Crippen molar-refractivity contribution in [3.05, 3.63) is 82.3 Å². The van der Waals surface area contributed by atoms with E-state index in [-0.39, 0.29) is 17.9 Å². The highest BCUT2D eigenvalue weighted by Gasteiger charge is 2.09. The fourth-order valence-electron chi connectivity index (χ4n) is 2.14. The summed E-state index contributed by atoms with van der Waals surface area (Å²) in [6.07, 6.45) is 1.78. The second-order valence-electron chi connectivity index (χ2n) is 5.24. The summed E-state index contributed by atoms with van der Waals surface area (Å²) in [6, 6.07) is 15.5. The van der Waals surface area contributed by atoms with Gasteiger partial charge in [0.1, 0.15) is 17.5 Å². The molecule has 0 spiro atoms. The molecule has 0 bridgehead atoms. The molecule has 4 nitrogen and oxygen atoms in total. The molecule has 0 saturated carbocycles. The molecule has 0 saturated heterocycles. The summed E-state index contributed by atoms with van der Waals surface area (Å²) < 4.78 is 13.5. The fourth-order valence-corrected chi connectivity index (χ4v) is 2.35. The van der Waals surface area contributed by atoms with Crippen molar-refractivity contribution in [2.75, 3.05) is 6.54 Å². The quantitative estimate of drug-likeness (QED) is 0.454. The van der Waals surface area contributed by atoms with Crippen molar-refractivity contribution in [1.82, 2.24) is 10.6 Å². The SMILES string of the molecule is N#C/C(=C/NCCc1ccccc1F)C(=O)NCc1ccccc1Cl. The number of hydrogen-bond donors (Lipinski definition) is 2. The summed E-state index contributed by atoms with van der Waals surface area (Å²) in [5.74, 6) is -0.771. The van der Waals surface area contributed by atoms with Crippen LogP contribution in [0.5, 0.6) is 0 Å². The zero-order chi connectivity index (χ0) is 18.1. The van der Waals surface area contributed by atoms with Crippen LogP contribution in [0.25, 0.3) is 0 Å². The Morgan fingerprint density at radius 1 is 1.16 bits per heavy atom.